The van der Waals surface area contributed by atoms with Crippen molar-refractivity contribution in [3.8, 4) is 11.8 Å². The number of rotatable bonds is 8. The second-order valence-corrected chi connectivity index (χ2v) is 10.8. The number of nitriles is 1. The molecule has 36 heavy (non-hydrogen) atoms. The maximum absolute atomic E-state index is 14.2. The zero-order chi connectivity index (χ0) is 26.8. The molecule has 8 heteroatoms. The molecule has 1 spiro atoms. The smallest absolute Gasteiger partial charge is 0.257 e. The zero-order valence-corrected chi connectivity index (χ0v) is 22.4. The van der Waals surface area contributed by atoms with Gasteiger partial charge in [-0.3, -0.25) is 4.79 Å². The third-order valence-electron chi connectivity index (χ3n) is 7.95. The van der Waals surface area contributed by atoms with Gasteiger partial charge in [0.25, 0.3) is 5.91 Å². The fourth-order valence-corrected chi connectivity index (χ4v) is 5.01. The maximum Gasteiger partial charge on any atom is 0.257 e. The van der Waals surface area contributed by atoms with Crippen LogP contribution >= 0.6 is 0 Å². The number of ether oxygens (including phenoxy) is 1. The molecule has 1 aromatic carbocycles. The Morgan fingerprint density at radius 1 is 1.28 bits per heavy atom. The number of likely N-dealkylation sites (tertiary alicyclic amines) is 1. The Morgan fingerprint density at radius 2 is 1.92 bits per heavy atom. The van der Waals surface area contributed by atoms with Crippen LogP contribution < -0.4 is 10.1 Å². The van der Waals surface area contributed by atoms with Gasteiger partial charge in [0.1, 0.15) is 24.9 Å². The van der Waals surface area contributed by atoms with Gasteiger partial charge in [0.2, 0.25) is 0 Å². The van der Waals surface area contributed by atoms with Crippen molar-refractivity contribution in [1.82, 2.24) is 15.1 Å². The van der Waals surface area contributed by atoms with E-state index in [9.17, 15) is 9.18 Å². The molecule has 1 N–H and O–H groups in total. The molecule has 1 aromatic rings. The summed E-state index contributed by atoms with van der Waals surface area (Å²) in [4.78, 5) is 23.7. The number of nitrogens with one attached hydrogen (secondary N) is 1. The van der Waals surface area contributed by atoms with Crippen LogP contribution in [0.1, 0.15) is 68.6 Å². The van der Waals surface area contributed by atoms with Crippen LogP contribution in [0, 0.1) is 28.5 Å². The Bertz CT molecular complexity index is 883. The Balaban J connectivity index is 0.000000491. The average molecular weight is 503 g/mol. The molecule has 3 fully saturated rings. The molecule has 2 aliphatic carbocycles. The predicted molar refractivity (Wildman–Crippen MR) is 139 cm³/mol. The molecule has 0 atom stereocenters. The topological polar surface area (TPSA) is 85.7 Å². The third kappa shape index (κ3) is 8.56. The summed E-state index contributed by atoms with van der Waals surface area (Å²) in [5.74, 6) is 0.130. The highest BCUT2D eigenvalue weighted by molar-refractivity contribution is 5.94. The molecule has 7 nitrogen and oxygen atoms in total. The van der Waals surface area contributed by atoms with Crippen molar-refractivity contribution in [1.29, 1.82) is 5.26 Å². The van der Waals surface area contributed by atoms with Gasteiger partial charge in [-0.05, 0) is 109 Å². The minimum atomic E-state index is -0.615. The van der Waals surface area contributed by atoms with Gasteiger partial charge in [0.15, 0.2) is 0 Å². The summed E-state index contributed by atoms with van der Waals surface area (Å²) < 4.78 is 19.9. The molecule has 200 valence electrons. The van der Waals surface area contributed by atoms with Gasteiger partial charge in [-0.2, -0.15) is 5.26 Å². The summed E-state index contributed by atoms with van der Waals surface area (Å²) in [5, 5.41) is 11.9. The van der Waals surface area contributed by atoms with E-state index >= 15 is 0 Å². The molecule has 0 unspecified atom stereocenters. The summed E-state index contributed by atoms with van der Waals surface area (Å²) in [6, 6.07) is 6.18. The van der Waals surface area contributed by atoms with E-state index in [1.165, 1.54) is 75.7 Å². The van der Waals surface area contributed by atoms with E-state index in [1.54, 1.807) is 6.07 Å². The molecular weight excluding hydrogens is 459 g/mol. The lowest BCUT2D eigenvalue weighted by molar-refractivity contribution is -0.0980. The Morgan fingerprint density at radius 3 is 2.42 bits per heavy atom. The van der Waals surface area contributed by atoms with Gasteiger partial charge >= 0.3 is 0 Å². The van der Waals surface area contributed by atoms with Gasteiger partial charge in [-0.1, -0.05) is 0 Å². The van der Waals surface area contributed by atoms with E-state index in [1.807, 2.05) is 19.9 Å². The van der Waals surface area contributed by atoms with E-state index in [4.69, 9.17) is 14.8 Å². The number of nitrogens with zero attached hydrogens (tertiary/aromatic N) is 3. The minimum Gasteiger partial charge on any atom is -0.493 e. The first-order valence-electron chi connectivity index (χ1n) is 12.9. The van der Waals surface area contributed by atoms with Crippen LogP contribution in [-0.2, 0) is 4.79 Å². The van der Waals surface area contributed by atoms with Crippen LogP contribution in [0.2, 0.25) is 0 Å². The Hall–Kier alpha value is -2.50. The summed E-state index contributed by atoms with van der Waals surface area (Å²) >= 11 is 0. The maximum atomic E-state index is 14.2. The van der Waals surface area contributed by atoms with Gasteiger partial charge in [0.05, 0.1) is 18.2 Å². The molecule has 1 saturated heterocycles. The average Bonchev–Trinajstić information content (AvgIpc) is 3.61. The molecule has 4 rings (SSSR count). The highest BCUT2D eigenvalue weighted by atomic mass is 19.1. The third-order valence-corrected chi connectivity index (χ3v) is 7.95. The number of benzene rings is 1. The van der Waals surface area contributed by atoms with Gasteiger partial charge < -0.3 is 24.6 Å². The number of hydrogen-bond acceptors (Lipinski definition) is 6. The van der Waals surface area contributed by atoms with Crippen molar-refractivity contribution in [3.63, 3.8) is 0 Å². The second kappa shape index (κ2) is 13.7. The van der Waals surface area contributed by atoms with Crippen molar-refractivity contribution in [3.05, 3.63) is 29.6 Å². The van der Waals surface area contributed by atoms with Crippen LogP contribution in [0.3, 0.4) is 0 Å². The largest absolute Gasteiger partial charge is 0.493 e. The summed E-state index contributed by atoms with van der Waals surface area (Å²) in [6.45, 7) is 7.19. The quantitative estimate of drug-likeness (QED) is 0.422. The lowest BCUT2D eigenvalue weighted by atomic mass is 9.56. The normalized spacial score (nSPS) is 19.4. The number of amides is 1. The molecule has 2 saturated carbocycles. The van der Waals surface area contributed by atoms with Gasteiger partial charge in [-0.15, -0.1) is 0 Å². The minimum absolute atomic E-state index is 0.0389. The van der Waals surface area contributed by atoms with Crippen molar-refractivity contribution >= 4 is 12.7 Å². The first-order valence-corrected chi connectivity index (χ1v) is 12.9. The summed E-state index contributed by atoms with van der Waals surface area (Å²) in [7, 11) is 5.70. The number of carbonyl (C=O) groups is 2. The van der Waals surface area contributed by atoms with Crippen LogP contribution in [0.25, 0.3) is 0 Å². The van der Waals surface area contributed by atoms with E-state index in [0.717, 1.165) is 18.8 Å². The molecule has 0 bridgehead atoms. The van der Waals surface area contributed by atoms with Gasteiger partial charge in [-0.25, -0.2) is 4.39 Å². The molecular formula is C28H43FN4O3. The highest BCUT2D eigenvalue weighted by Crippen LogP contribution is 2.53. The number of piperidine rings is 1. The second-order valence-electron chi connectivity index (χ2n) is 10.8. The monoisotopic (exact) mass is 502 g/mol. The number of carbonyl (C=O) groups excluding carboxylic acids is 2. The van der Waals surface area contributed by atoms with Crippen LogP contribution in [-0.4, -0.2) is 75.4 Å². The van der Waals surface area contributed by atoms with E-state index in [2.05, 4.69) is 24.2 Å². The Labute approximate surface area is 216 Å². The van der Waals surface area contributed by atoms with Crippen LogP contribution in [0.4, 0.5) is 4.39 Å². The number of hydrogen-bond donors (Lipinski definition) is 1. The molecule has 3 aliphatic rings. The predicted octanol–water partition coefficient (Wildman–Crippen LogP) is 4.28. The highest BCUT2D eigenvalue weighted by Gasteiger charge is 2.44. The first-order chi connectivity index (χ1) is 17.2. The fourth-order valence-electron chi connectivity index (χ4n) is 5.01. The fraction of sp³-hybridized carbons (Fsp3) is 0.679. The standard InChI is InChI=1S/C22H30FN3O2.C5H11N.CH2O/c1-25-10-7-22(8-11-25)15-17(16-22)4-3-13-28-18-5-6-19(20(23)14-18)21(27)26(2)12-9-24;1-5(6-2)3-4-5;1-2/h5-6,14,17H,3-4,7-8,10-13,15-16H2,1-2H3;6H,3-4H2,1-2H3;1H2. The van der Waals surface area contributed by atoms with E-state index in [-0.39, 0.29) is 12.1 Å². The zero-order valence-electron chi connectivity index (χ0n) is 22.4. The lowest BCUT2D eigenvalue weighted by Gasteiger charge is -2.52. The molecule has 1 heterocycles. The van der Waals surface area contributed by atoms with Crippen molar-refractivity contribution < 1.29 is 18.7 Å². The lowest BCUT2D eigenvalue weighted by Crippen LogP contribution is -2.46. The number of halogens is 1. The van der Waals surface area contributed by atoms with Crippen molar-refractivity contribution in [2.24, 2.45) is 11.3 Å². The molecule has 0 radical (unpaired) electrons. The van der Waals surface area contributed by atoms with Crippen molar-refractivity contribution in [2.45, 2.75) is 63.8 Å². The van der Waals surface area contributed by atoms with Crippen molar-refractivity contribution in [2.75, 3.05) is 47.4 Å². The molecule has 1 amide bonds. The van der Waals surface area contributed by atoms with Crippen LogP contribution in [0.15, 0.2) is 18.2 Å². The van der Waals surface area contributed by atoms with E-state index in [0.29, 0.717) is 23.3 Å². The Kier molecular flexibility index (Phi) is 11.3. The summed E-state index contributed by atoms with van der Waals surface area (Å²) in [5.41, 5.74) is 1.12. The molecule has 1 aliphatic heterocycles. The van der Waals surface area contributed by atoms with Crippen LogP contribution in [0.5, 0.6) is 5.75 Å². The summed E-state index contributed by atoms with van der Waals surface area (Å²) in [6.07, 6.45) is 10.2. The van der Waals surface area contributed by atoms with Gasteiger partial charge in [0, 0.05) is 18.7 Å². The first kappa shape index (κ1) is 29.7. The molecule has 0 aromatic heterocycles. The SMILES string of the molecule is C=O.CN1CCC2(CC1)CC(CCCOc1ccc(C(=O)N(C)CC#N)c(F)c1)C2.CNC1(C)CC1. The van der Waals surface area contributed by atoms with E-state index < -0.39 is 11.7 Å².